The molecular weight excluding hydrogens is 125 g/mol. The van der Waals surface area contributed by atoms with E-state index in [9.17, 15) is 0 Å². The summed E-state index contributed by atoms with van der Waals surface area (Å²) in [5, 5.41) is 27.7. The summed E-state index contributed by atoms with van der Waals surface area (Å²) in [5.74, 6) is 0. The maximum atomic E-state index is 8.56. The number of hydrogen-bond donors (Lipinski definition) is 3. The number of rotatable bonds is 0. The molecule has 0 aromatic heterocycles. The number of nitriles is 1. The second kappa shape index (κ2) is 16.0. The van der Waals surface area contributed by atoms with E-state index in [1.165, 1.54) is 0 Å². The SMILES string of the molecule is N#CO.O=C(O)O.[NaH]. The molecule has 0 aromatic rings. The van der Waals surface area contributed by atoms with E-state index in [1.807, 2.05) is 0 Å². The van der Waals surface area contributed by atoms with Crippen LogP contribution in [0.15, 0.2) is 0 Å². The van der Waals surface area contributed by atoms with Gasteiger partial charge in [0.05, 0.1) is 0 Å². The van der Waals surface area contributed by atoms with E-state index >= 15 is 0 Å². The average Bonchev–Trinajstić information content (AvgIpc) is 1.33. The van der Waals surface area contributed by atoms with Crippen molar-refractivity contribution in [3.63, 3.8) is 0 Å². The molecule has 0 saturated heterocycles. The molecule has 3 N–H and O–H groups in total. The minimum absolute atomic E-state index is 0. The van der Waals surface area contributed by atoms with Crippen molar-refractivity contribution in [2.24, 2.45) is 0 Å². The molecule has 8 heavy (non-hydrogen) atoms. The summed E-state index contributed by atoms with van der Waals surface area (Å²) in [6.45, 7) is 0. The molecule has 0 aliphatic heterocycles. The number of carboxylic acid groups (broad SMARTS) is 2. The van der Waals surface area contributed by atoms with Crippen molar-refractivity contribution in [3.8, 4) is 6.26 Å². The van der Waals surface area contributed by atoms with Gasteiger partial charge in [-0.25, -0.2) is 4.79 Å². The second-order valence-electron chi connectivity index (χ2n) is 0.383. The zero-order valence-electron chi connectivity index (χ0n) is 3.20. The second-order valence-corrected chi connectivity index (χ2v) is 0.383. The molecular formula is C2H4NNaO4. The molecule has 0 atom stereocenters. The molecule has 5 nitrogen and oxygen atoms in total. The van der Waals surface area contributed by atoms with E-state index in [0.29, 0.717) is 0 Å². The van der Waals surface area contributed by atoms with Gasteiger partial charge in [-0.1, -0.05) is 0 Å². The van der Waals surface area contributed by atoms with Crippen LogP contribution >= 0.6 is 0 Å². The molecule has 0 unspecified atom stereocenters. The van der Waals surface area contributed by atoms with Crippen molar-refractivity contribution in [2.75, 3.05) is 0 Å². The van der Waals surface area contributed by atoms with Crippen molar-refractivity contribution in [2.45, 2.75) is 0 Å². The predicted molar refractivity (Wildman–Crippen MR) is 25.4 cm³/mol. The first-order chi connectivity index (χ1) is 3.15. The summed E-state index contributed by atoms with van der Waals surface area (Å²) in [6, 6.07) is 0. The number of aliphatic hydroxyl groups is 1. The van der Waals surface area contributed by atoms with E-state index in [1.54, 1.807) is 0 Å². The van der Waals surface area contributed by atoms with Crippen molar-refractivity contribution in [1.29, 1.82) is 5.26 Å². The standard InChI is InChI=1S/CHNO.CH2O3.Na.H/c2-1-3;2-1(3)4;;/h3H;(H2,2,3,4);;. The van der Waals surface area contributed by atoms with E-state index in [0.717, 1.165) is 6.26 Å². The number of aliphatic hydroxyl groups excluding tert-OH is 1. The van der Waals surface area contributed by atoms with Crippen molar-refractivity contribution >= 4 is 35.7 Å². The Labute approximate surface area is 67.5 Å². The molecule has 0 radical (unpaired) electrons. The normalized spacial score (nSPS) is 3.88. The topological polar surface area (TPSA) is 102 Å². The van der Waals surface area contributed by atoms with Gasteiger partial charge in [0.2, 0.25) is 0 Å². The quantitative estimate of drug-likeness (QED) is 0.300. The van der Waals surface area contributed by atoms with Crippen LogP contribution in [-0.4, -0.2) is 51.0 Å². The Morgan fingerprint density at radius 1 is 1.50 bits per heavy atom. The van der Waals surface area contributed by atoms with Gasteiger partial charge in [0.1, 0.15) is 0 Å². The van der Waals surface area contributed by atoms with Crippen molar-refractivity contribution in [3.05, 3.63) is 0 Å². The van der Waals surface area contributed by atoms with Gasteiger partial charge in [0.25, 0.3) is 6.26 Å². The van der Waals surface area contributed by atoms with Gasteiger partial charge in [0, 0.05) is 0 Å². The molecule has 0 fully saturated rings. The Kier molecular flexibility index (Phi) is 31.3. The molecule has 0 amide bonds. The number of nitrogens with zero attached hydrogens (tertiary/aromatic N) is 1. The van der Waals surface area contributed by atoms with Crippen LogP contribution in [0.25, 0.3) is 0 Å². The Morgan fingerprint density at radius 3 is 1.50 bits per heavy atom. The van der Waals surface area contributed by atoms with Gasteiger partial charge in [-0.2, -0.15) is 5.26 Å². The number of hydrogen-bond acceptors (Lipinski definition) is 3. The van der Waals surface area contributed by atoms with Crippen LogP contribution in [0, 0.1) is 11.5 Å². The average molecular weight is 129 g/mol. The molecule has 0 heterocycles. The minimum atomic E-state index is -1.83. The van der Waals surface area contributed by atoms with Crippen molar-refractivity contribution < 1.29 is 20.1 Å². The van der Waals surface area contributed by atoms with Gasteiger partial charge in [-0.05, 0) is 0 Å². The van der Waals surface area contributed by atoms with E-state index in [4.69, 9.17) is 25.4 Å². The Morgan fingerprint density at radius 2 is 1.50 bits per heavy atom. The summed E-state index contributed by atoms with van der Waals surface area (Å²) in [6.07, 6.45) is -1.08. The molecule has 0 saturated carbocycles. The zero-order chi connectivity index (χ0) is 6.28. The van der Waals surface area contributed by atoms with Crippen LogP contribution in [-0.2, 0) is 0 Å². The molecule has 0 spiro atoms. The summed E-state index contributed by atoms with van der Waals surface area (Å²) >= 11 is 0. The molecule has 0 bridgehead atoms. The van der Waals surface area contributed by atoms with E-state index in [-0.39, 0.29) is 29.6 Å². The summed E-state index contributed by atoms with van der Waals surface area (Å²) in [4.78, 5) is 8.56. The van der Waals surface area contributed by atoms with Gasteiger partial charge < -0.3 is 15.3 Å². The van der Waals surface area contributed by atoms with Crippen LogP contribution in [0.2, 0.25) is 0 Å². The fourth-order valence-electron chi connectivity index (χ4n) is 0. The van der Waals surface area contributed by atoms with Gasteiger partial charge in [-0.3, -0.25) is 0 Å². The van der Waals surface area contributed by atoms with Gasteiger partial charge >= 0.3 is 35.7 Å². The third-order valence-corrected chi connectivity index (χ3v) is 0. The predicted octanol–water partition coefficient (Wildman–Crippen LogP) is -0.586. The summed E-state index contributed by atoms with van der Waals surface area (Å²) in [7, 11) is 0. The fourth-order valence-corrected chi connectivity index (χ4v) is 0. The summed E-state index contributed by atoms with van der Waals surface area (Å²) < 4.78 is 0. The third-order valence-electron chi connectivity index (χ3n) is 0. The summed E-state index contributed by atoms with van der Waals surface area (Å²) in [5.41, 5.74) is 0. The molecule has 0 aromatic carbocycles. The van der Waals surface area contributed by atoms with Crippen LogP contribution in [0.5, 0.6) is 0 Å². The van der Waals surface area contributed by atoms with Crippen molar-refractivity contribution in [1.82, 2.24) is 0 Å². The third kappa shape index (κ3) is 597. The van der Waals surface area contributed by atoms with Gasteiger partial charge in [0.15, 0.2) is 0 Å². The van der Waals surface area contributed by atoms with Crippen LogP contribution < -0.4 is 0 Å². The first kappa shape index (κ1) is 15.6. The van der Waals surface area contributed by atoms with Gasteiger partial charge in [-0.15, -0.1) is 0 Å². The number of carbonyl (C=O) groups is 1. The first-order valence-corrected chi connectivity index (χ1v) is 1.10. The fraction of sp³-hybridized carbons (Fsp3) is 0. The Bertz CT molecular complexity index is 82.5. The molecule has 0 aliphatic rings. The Balaban J connectivity index is -0.0000000575. The Hall–Kier alpha value is -0.440. The van der Waals surface area contributed by atoms with Crippen LogP contribution in [0.1, 0.15) is 0 Å². The molecule has 0 rings (SSSR count). The molecule has 0 aliphatic carbocycles. The van der Waals surface area contributed by atoms with E-state index < -0.39 is 6.16 Å². The monoisotopic (exact) mass is 129 g/mol. The first-order valence-electron chi connectivity index (χ1n) is 1.10. The molecule has 6 heteroatoms. The van der Waals surface area contributed by atoms with E-state index in [2.05, 4.69) is 0 Å². The molecule has 42 valence electrons. The maximum absolute atomic E-state index is 8.56. The zero-order valence-corrected chi connectivity index (χ0v) is 3.20. The van der Waals surface area contributed by atoms with Crippen LogP contribution in [0.4, 0.5) is 4.79 Å². The van der Waals surface area contributed by atoms with Crippen LogP contribution in [0.3, 0.4) is 0 Å².